The SMILES string of the molecule is CN(C(=N)N)C(=N)NCCCc1ccccc1. The summed E-state index contributed by atoms with van der Waals surface area (Å²) < 4.78 is 0. The van der Waals surface area contributed by atoms with E-state index in [0.29, 0.717) is 6.54 Å². The highest BCUT2D eigenvalue weighted by atomic mass is 15.3. The van der Waals surface area contributed by atoms with Gasteiger partial charge in [0.25, 0.3) is 0 Å². The zero-order valence-electron chi connectivity index (χ0n) is 10.0. The Morgan fingerprint density at radius 3 is 2.53 bits per heavy atom. The number of nitrogens with zero attached hydrogens (tertiary/aromatic N) is 1. The van der Waals surface area contributed by atoms with Crippen molar-refractivity contribution in [3.8, 4) is 0 Å². The number of hydrogen-bond donors (Lipinski definition) is 4. The molecule has 0 aliphatic heterocycles. The third kappa shape index (κ3) is 4.55. The van der Waals surface area contributed by atoms with Gasteiger partial charge in [-0.15, -0.1) is 0 Å². The molecular weight excluding hydrogens is 214 g/mol. The normalized spacial score (nSPS) is 9.71. The van der Waals surface area contributed by atoms with E-state index in [4.69, 9.17) is 16.6 Å². The monoisotopic (exact) mass is 233 g/mol. The molecule has 0 unspecified atom stereocenters. The summed E-state index contributed by atoms with van der Waals surface area (Å²) in [6.45, 7) is 0.700. The summed E-state index contributed by atoms with van der Waals surface area (Å²) >= 11 is 0. The lowest BCUT2D eigenvalue weighted by atomic mass is 10.1. The Labute approximate surface area is 102 Å². The number of hydrogen-bond acceptors (Lipinski definition) is 2. The Morgan fingerprint density at radius 2 is 1.94 bits per heavy atom. The van der Waals surface area contributed by atoms with Gasteiger partial charge in [-0.1, -0.05) is 30.3 Å². The van der Waals surface area contributed by atoms with E-state index in [1.54, 1.807) is 7.05 Å². The van der Waals surface area contributed by atoms with Crippen LogP contribution >= 0.6 is 0 Å². The molecule has 0 atom stereocenters. The minimum absolute atomic E-state index is 0.134. The Balaban J connectivity index is 2.21. The number of benzene rings is 1. The fourth-order valence-electron chi connectivity index (χ4n) is 1.38. The molecule has 0 fully saturated rings. The molecule has 0 heterocycles. The minimum atomic E-state index is -0.134. The number of aryl methyl sites for hydroxylation is 1. The van der Waals surface area contributed by atoms with E-state index < -0.39 is 0 Å². The highest BCUT2D eigenvalue weighted by Gasteiger charge is 2.05. The van der Waals surface area contributed by atoms with Crippen LogP contribution in [-0.4, -0.2) is 30.4 Å². The maximum absolute atomic E-state index is 7.60. The van der Waals surface area contributed by atoms with Gasteiger partial charge in [-0.3, -0.25) is 15.7 Å². The molecule has 0 radical (unpaired) electrons. The summed E-state index contributed by atoms with van der Waals surface area (Å²) in [6.07, 6.45) is 1.92. The summed E-state index contributed by atoms with van der Waals surface area (Å²) in [5.74, 6) is 0.0242. The van der Waals surface area contributed by atoms with Gasteiger partial charge in [0.05, 0.1) is 0 Å². The molecule has 1 aromatic rings. The van der Waals surface area contributed by atoms with Gasteiger partial charge in [0.1, 0.15) is 0 Å². The van der Waals surface area contributed by atoms with Gasteiger partial charge in [-0.25, -0.2) is 0 Å². The van der Waals surface area contributed by atoms with E-state index in [1.807, 2.05) is 18.2 Å². The van der Waals surface area contributed by atoms with Crippen molar-refractivity contribution in [1.29, 1.82) is 10.8 Å². The summed E-state index contributed by atoms with van der Waals surface area (Å²) in [7, 11) is 1.59. The largest absolute Gasteiger partial charge is 0.370 e. The highest BCUT2D eigenvalue weighted by molar-refractivity contribution is 5.94. The summed E-state index contributed by atoms with van der Waals surface area (Å²) in [6, 6.07) is 10.2. The van der Waals surface area contributed by atoms with E-state index in [0.717, 1.165) is 12.8 Å². The Kier molecular flexibility index (Phi) is 5.00. The van der Waals surface area contributed by atoms with Gasteiger partial charge in [-0.05, 0) is 18.4 Å². The van der Waals surface area contributed by atoms with Gasteiger partial charge < -0.3 is 11.1 Å². The zero-order chi connectivity index (χ0) is 12.7. The van der Waals surface area contributed by atoms with E-state index in [-0.39, 0.29) is 11.9 Å². The molecule has 0 bridgehead atoms. The molecule has 5 N–H and O–H groups in total. The first-order chi connectivity index (χ1) is 8.11. The van der Waals surface area contributed by atoms with Crippen LogP contribution in [0.1, 0.15) is 12.0 Å². The summed E-state index contributed by atoms with van der Waals surface area (Å²) in [5.41, 5.74) is 6.55. The van der Waals surface area contributed by atoms with Crippen molar-refractivity contribution in [2.75, 3.05) is 13.6 Å². The third-order valence-electron chi connectivity index (χ3n) is 2.47. The quantitative estimate of drug-likeness (QED) is 0.355. The molecule has 1 aromatic carbocycles. The second-order valence-electron chi connectivity index (χ2n) is 3.81. The third-order valence-corrected chi connectivity index (χ3v) is 2.47. The highest BCUT2D eigenvalue weighted by Crippen LogP contribution is 2.01. The Hall–Kier alpha value is -2.04. The molecule has 5 heteroatoms. The van der Waals surface area contributed by atoms with Crippen molar-refractivity contribution in [2.24, 2.45) is 5.73 Å². The van der Waals surface area contributed by atoms with Crippen LogP contribution in [0.25, 0.3) is 0 Å². The zero-order valence-corrected chi connectivity index (χ0v) is 10.0. The first kappa shape index (κ1) is 13.0. The smallest absolute Gasteiger partial charge is 0.197 e. The maximum atomic E-state index is 7.60. The van der Waals surface area contributed by atoms with Crippen LogP contribution in [-0.2, 0) is 6.42 Å². The predicted octanol–water partition coefficient (Wildman–Crippen LogP) is 0.969. The number of rotatable bonds is 4. The van der Waals surface area contributed by atoms with Crippen molar-refractivity contribution in [3.05, 3.63) is 35.9 Å². The van der Waals surface area contributed by atoms with E-state index in [1.165, 1.54) is 10.5 Å². The average molecular weight is 233 g/mol. The van der Waals surface area contributed by atoms with Crippen LogP contribution in [0.4, 0.5) is 0 Å². The lowest BCUT2D eigenvalue weighted by Crippen LogP contribution is -2.45. The van der Waals surface area contributed by atoms with Gasteiger partial charge in [0.2, 0.25) is 0 Å². The molecule has 0 aromatic heterocycles. The van der Waals surface area contributed by atoms with Crippen LogP contribution in [0.5, 0.6) is 0 Å². The summed E-state index contributed by atoms with van der Waals surface area (Å²) in [5, 5.41) is 17.7. The van der Waals surface area contributed by atoms with Crippen molar-refractivity contribution in [2.45, 2.75) is 12.8 Å². The fraction of sp³-hybridized carbons (Fsp3) is 0.333. The Bertz CT molecular complexity index is 374. The predicted molar refractivity (Wildman–Crippen MR) is 70.2 cm³/mol. The van der Waals surface area contributed by atoms with Crippen molar-refractivity contribution in [3.63, 3.8) is 0 Å². The van der Waals surface area contributed by atoms with Crippen LogP contribution in [0.3, 0.4) is 0 Å². The molecule has 1 rings (SSSR count). The molecule has 0 aliphatic carbocycles. The van der Waals surface area contributed by atoms with Crippen molar-refractivity contribution < 1.29 is 0 Å². The van der Waals surface area contributed by atoms with Gasteiger partial charge in [0, 0.05) is 13.6 Å². The second kappa shape index (κ2) is 6.52. The van der Waals surface area contributed by atoms with Crippen LogP contribution in [0.15, 0.2) is 30.3 Å². The first-order valence-corrected chi connectivity index (χ1v) is 5.55. The van der Waals surface area contributed by atoms with Gasteiger partial charge in [-0.2, -0.15) is 0 Å². The molecular formula is C12H19N5. The van der Waals surface area contributed by atoms with Crippen LogP contribution in [0, 0.1) is 10.8 Å². The minimum Gasteiger partial charge on any atom is -0.370 e. The average Bonchev–Trinajstić information content (AvgIpc) is 2.34. The molecule has 0 spiro atoms. The molecule has 0 aliphatic rings. The molecule has 0 amide bonds. The number of nitrogens with one attached hydrogen (secondary N) is 3. The first-order valence-electron chi connectivity index (χ1n) is 5.55. The van der Waals surface area contributed by atoms with Crippen LogP contribution < -0.4 is 11.1 Å². The van der Waals surface area contributed by atoms with E-state index in [9.17, 15) is 0 Å². The number of nitrogens with two attached hydrogens (primary N) is 1. The molecule has 17 heavy (non-hydrogen) atoms. The lowest BCUT2D eigenvalue weighted by molar-refractivity contribution is 0.654. The second-order valence-corrected chi connectivity index (χ2v) is 3.81. The number of guanidine groups is 2. The maximum Gasteiger partial charge on any atom is 0.197 e. The fourth-order valence-corrected chi connectivity index (χ4v) is 1.38. The van der Waals surface area contributed by atoms with Crippen molar-refractivity contribution in [1.82, 2.24) is 10.2 Å². The lowest BCUT2D eigenvalue weighted by Gasteiger charge is -2.18. The van der Waals surface area contributed by atoms with Gasteiger partial charge >= 0.3 is 0 Å². The molecule has 0 saturated carbocycles. The summed E-state index contributed by atoms with van der Waals surface area (Å²) in [4.78, 5) is 1.29. The topological polar surface area (TPSA) is 89.0 Å². The molecule has 92 valence electrons. The van der Waals surface area contributed by atoms with E-state index >= 15 is 0 Å². The van der Waals surface area contributed by atoms with Gasteiger partial charge in [0.15, 0.2) is 11.9 Å². The molecule has 5 nitrogen and oxygen atoms in total. The Morgan fingerprint density at radius 1 is 1.29 bits per heavy atom. The van der Waals surface area contributed by atoms with Crippen LogP contribution in [0.2, 0.25) is 0 Å². The molecule has 0 saturated heterocycles. The van der Waals surface area contributed by atoms with Crippen molar-refractivity contribution >= 4 is 11.9 Å². The standard InChI is InChI=1S/C12H19N5/c1-17(11(13)14)12(15)16-9-5-8-10-6-3-2-4-7-10/h2-4,6-7H,5,8-9H2,1H3,(H3,13,14)(H2,15,16). The van der Waals surface area contributed by atoms with E-state index in [2.05, 4.69) is 17.4 Å².